The lowest BCUT2D eigenvalue weighted by molar-refractivity contribution is -0.123. The molecule has 2 aromatic rings. The second kappa shape index (κ2) is 5.59. The van der Waals surface area contributed by atoms with Gasteiger partial charge in [0.05, 0.1) is 15.0 Å². The number of primary amides is 1. The van der Waals surface area contributed by atoms with Crippen molar-refractivity contribution in [3.63, 3.8) is 0 Å². The standard InChI is InChI=1S/C14H15ClN2O2S2/c1-7-2-3-8(12(16)18)6-17(7)13(19)11-10(15)9-4-5-20-14(9)21-11/h4-5,7-8H,2-3,6H2,1H3,(H2,16,18)/t7-,8-/m0/s1. The summed E-state index contributed by atoms with van der Waals surface area (Å²) >= 11 is 9.34. The zero-order valence-electron chi connectivity index (χ0n) is 11.5. The SMILES string of the molecule is C[C@H]1CC[C@H](C(N)=O)CN1C(=O)c1sc2sccc2c1Cl. The van der Waals surface area contributed by atoms with Crippen LogP contribution in [0.5, 0.6) is 0 Å². The molecule has 0 unspecified atom stereocenters. The van der Waals surface area contributed by atoms with Crippen molar-refractivity contribution in [2.75, 3.05) is 6.54 Å². The molecule has 2 amide bonds. The van der Waals surface area contributed by atoms with E-state index in [-0.39, 0.29) is 23.8 Å². The van der Waals surface area contributed by atoms with Crippen LogP contribution < -0.4 is 5.73 Å². The average molecular weight is 343 g/mol. The largest absolute Gasteiger partial charge is 0.369 e. The van der Waals surface area contributed by atoms with Crippen LogP contribution in [0.3, 0.4) is 0 Å². The predicted octanol–water partition coefficient (Wildman–Crippen LogP) is 3.34. The minimum Gasteiger partial charge on any atom is -0.369 e. The molecule has 7 heteroatoms. The Morgan fingerprint density at radius 1 is 1.43 bits per heavy atom. The molecule has 0 saturated carbocycles. The second-order valence-electron chi connectivity index (χ2n) is 5.35. The monoisotopic (exact) mass is 342 g/mol. The van der Waals surface area contributed by atoms with Crippen molar-refractivity contribution in [3.8, 4) is 0 Å². The van der Waals surface area contributed by atoms with Gasteiger partial charge in [-0.1, -0.05) is 11.6 Å². The number of hydrogen-bond donors (Lipinski definition) is 1. The number of nitrogens with two attached hydrogens (primary N) is 1. The van der Waals surface area contributed by atoms with Gasteiger partial charge in [-0.25, -0.2) is 0 Å². The molecule has 2 atom stereocenters. The van der Waals surface area contributed by atoms with E-state index >= 15 is 0 Å². The molecule has 0 bridgehead atoms. The molecule has 2 aromatic heterocycles. The van der Waals surface area contributed by atoms with Gasteiger partial charge in [0, 0.05) is 18.0 Å². The molecule has 2 N–H and O–H groups in total. The van der Waals surface area contributed by atoms with Crippen LogP contribution in [0, 0.1) is 5.92 Å². The zero-order valence-corrected chi connectivity index (χ0v) is 13.9. The Kier molecular flexibility index (Phi) is 3.94. The number of fused-ring (bicyclic) bond motifs is 1. The van der Waals surface area contributed by atoms with Crippen LogP contribution in [0.25, 0.3) is 9.40 Å². The molecule has 112 valence electrons. The number of nitrogens with zero attached hydrogens (tertiary/aromatic N) is 1. The van der Waals surface area contributed by atoms with E-state index in [4.69, 9.17) is 17.3 Å². The zero-order chi connectivity index (χ0) is 15.1. The highest BCUT2D eigenvalue weighted by molar-refractivity contribution is 7.38. The number of likely N-dealkylation sites (tertiary alicyclic amines) is 1. The van der Waals surface area contributed by atoms with Gasteiger partial charge in [-0.15, -0.1) is 22.7 Å². The molecule has 3 heterocycles. The minimum atomic E-state index is -0.335. The summed E-state index contributed by atoms with van der Waals surface area (Å²) in [5.41, 5.74) is 5.39. The van der Waals surface area contributed by atoms with E-state index in [0.717, 1.165) is 22.2 Å². The first kappa shape index (κ1) is 14.8. The highest BCUT2D eigenvalue weighted by Gasteiger charge is 2.33. The molecular weight excluding hydrogens is 328 g/mol. The highest BCUT2D eigenvalue weighted by Crippen LogP contribution is 2.40. The topological polar surface area (TPSA) is 63.4 Å². The number of halogens is 1. The van der Waals surface area contributed by atoms with Crippen molar-refractivity contribution in [3.05, 3.63) is 21.3 Å². The van der Waals surface area contributed by atoms with E-state index in [0.29, 0.717) is 16.4 Å². The molecule has 0 radical (unpaired) electrons. The maximum atomic E-state index is 12.8. The van der Waals surface area contributed by atoms with Gasteiger partial charge in [-0.2, -0.15) is 0 Å². The first-order valence-electron chi connectivity index (χ1n) is 6.74. The normalized spacial score (nSPS) is 22.7. The van der Waals surface area contributed by atoms with Crippen molar-refractivity contribution < 1.29 is 9.59 Å². The number of hydrogen-bond acceptors (Lipinski definition) is 4. The van der Waals surface area contributed by atoms with Crippen molar-refractivity contribution in [2.24, 2.45) is 11.7 Å². The Bertz CT molecular complexity index is 709. The summed E-state index contributed by atoms with van der Waals surface area (Å²) < 4.78 is 1.06. The average Bonchev–Trinajstić information content (AvgIpc) is 3.02. The third-order valence-electron chi connectivity index (χ3n) is 4.00. The van der Waals surface area contributed by atoms with E-state index in [1.807, 2.05) is 18.4 Å². The van der Waals surface area contributed by atoms with Crippen LogP contribution >= 0.6 is 34.3 Å². The third kappa shape index (κ3) is 2.56. The van der Waals surface area contributed by atoms with E-state index in [2.05, 4.69) is 0 Å². The van der Waals surface area contributed by atoms with E-state index in [9.17, 15) is 9.59 Å². The molecule has 21 heavy (non-hydrogen) atoms. The van der Waals surface area contributed by atoms with Gasteiger partial charge in [-0.05, 0) is 31.2 Å². The Balaban J connectivity index is 1.90. The summed E-state index contributed by atoms with van der Waals surface area (Å²) in [4.78, 5) is 26.5. The summed E-state index contributed by atoms with van der Waals surface area (Å²) in [6.07, 6.45) is 1.53. The lowest BCUT2D eigenvalue weighted by atomic mass is 9.93. The van der Waals surface area contributed by atoms with Crippen LogP contribution in [-0.2, 0) is 4.79 Å². The van der Waals surface area contributed by atoms with E-state index < -0.39 is 0 Å². The molecule has 0 spiro atoms. The molecule has 1 fully saturated rings. The van der Waals surface area contributed by atoms with Gasteiger partial charge in [0.1, 0.15) is 4.88 Å². The fourth-order valence-corrected chi connectivity index (χ4v) is 5.26. The smallest absolute Gasteiger partial charge is 0.265 e. The molecule has 3 rings (SSSR count). The molecule has 1 aliphatic heterocycles. The van der Waals surface area contributed by atoms with Crippen LogP contribution in [0.2, 0.25) is 5.02 Å². The van der Waals surface area contributed by atoms with Crippen LogP contribution in [-0.4, -0.2) is 29.3 Å². The fraction of sp³-hybridized carbons (Fsp3) is 0.429. The molecule has 0 aromatic carbocycles. The number of carbonyl (C=O) groups excluding carboxylic acids is 2. The summed E-state index contributed by atoms with van der Waals surface area (Å²) in [6.45, 7) is 2.39. The van der Waals surface area contributed by atoms with Gasteiger partial charge >= 0.3 is 0 Å². The van der Waals surface area contributed by atoms with Gasteiger partial charge < -0.3 is 10.6 Å². The minimum absolute atomic E-state index is 0.0909. The summed E-state index contributed by atoms with van der Waals surface area (Å²) in [5.74, 6) is -0.685. The van der Waals surface area contributed by atoms with Gasteiger partial charge in [0.15, 0.2) is 0 Å². The Morgan fingerprint density at radius 2 is 2.19 bits per heavy atom. The van der Waals surface area contributed by atoms with Crippen molar-refractivity contribution in [1.29, 1.82) is 0 Å². The summed E-state index contributed by atoms with van der Waals surface area (Å²) in [6, 6.07) is 2.03. The van der Waals surface area contributed by atoms with E-state index in [1.54, 1.807) is 16.2 Å². The Hall–Kier alpha value is -1.11. The van der Waals surface area contributed by atoms with Crippen molar-refractivity contribution in [1.82, 2.24) is 4.90 Å². The van der Waals surface area contributed by atoms with E-state index in [1.165, 1.54) is 11.3 Å². The van der Waals surface area contributed by atoms with Gasteiger partial charge in [0.25, 0.3) is 5.91 Å². The van der Waals surface area contributed by atoms with Gasteiger partial charge in [-0.3, -0.25) is 9.59 Å². The number of thiophene rings is 2. The fourth-order valence-electron chi connectivity index (χ4n) is 2.69. The number of amides is 2. The highest BCUT2D eigenvalue weighted by atomic mass is 35.5. The number of rotatable bonds is 2. The van der Waals surface area contributed by atoms with Gasteiger partial charge in [0.2, 0.25) is 5.91 Å². The van der Waals surface area contributed by atoms with Crippen molar-refractivity contribution >= 4 is 55.5 Å². The lowest BCUT2D eigenvalue weighted by Gasteiger charge is -2.36. The Labute approximate surface area is 135 Å². The molecule has 1 aliphatic rings. The molecule has 4 nitrogen and oxygen atoms in total. The first-order valence-corrected chi connectivity index (χ1v) is 8.82. The summed E-state index contributed by atoms with van der Waals surface area (Å²) in [5, 5.41) is 3.43. The molecular formula is C14H15ClN2O2S2. The van der Waals surface area contributed by atoms with Crippen LogP contribution in [0.1, 0.15) is 29.4 Å². The number of piperidine rings is 1. The third-order valence-corrected chi connectivity index (χ3v) is 6.74. The second-order valence-corrected chi connectivity index (χ2v) is 7.92. The molecule has 1 saturated heterocycles. The maximum absolute atomic E-state index is 12.8. The summed E-state index contributed by atoms with van der Waals surface area (Å²) in [7, 11) is 0. The van der Waals surface area contributed by atoms with Crippen LogP contribution in [0.4, 0.5) is 0 Å². The predicted molar refractivity (Wildman–Crippen MR) is 87.1 cm³/mol. The Morgan fingerprint density at radius 3 is 2.86 bits per heavy atom. The number of carbonyl (C=O) groups is 2. The maximum Gasteiger partial charge on any atom is 0.265 e. The molecule has 0 aliphatic carbocycles. The van der Waals surface area contributed by atoms with Crippen molar-refractivity contribution in [2.45, 2.75) is 25.8 Å². The first-order chi connectivity index (χ1) is 9.99. The lowest BCUT2D eigenvalue weighted by Crippen LogP contribution is -2.48. The van der Waals surface area contributed by atoms with Crippen LogP contribution in [0.15, 0.2) is 11.4 Å². The quantitative estimate of drug-likeness (QED) is 0.909.